The van der Waals surface area contributed by atoms with Crippen LogP contribution in [0.5, 0.6) is 0 Å². The first-order valence-corrected chi connectivity index (χ1v) is 24.9. The van der Waals surface area contributed by atoms with Gasteiger partial charge in [0.15, 0.2) is 0 Å². The third kappa shape index (κ3) is 40.6. The molecule has 3 unspecified atom stereocenters. The van der Waals surface area contributed by atoms with Gasteiger partial charge >= 0.3 is 5.97 Å². The topological polar surface area (TPSA) is 95.9 Å². The van der Waals surface area contributed by atoms with Crippen molar-refractivity contribution in [1.82, 2.24) is 5.32 Å². The highest BCUT2D eigenvalue weighted by Crippen LogP contribution is 2.17. The van der Waals surface area contributed by atoms with Crippen LogP contribution in [-0.4, -0.2) is 46.9 Å². The Bertz CT molecular complexity index is 1000. The molecule has 0 aliphatic heterocycles. The summed E-state index contributed by atoms with van der Waals surface area (Å²) in [5.74, 6) is -0.536. The summed E-state index contributed by atoms with van der Waals surface area (Å²) in [4.78, 5) is 26.0. The lowest BCUT2D eigenvalue weighted by Crippen LogP contribution is -2.46. The van der Waals surface area contributed by atoms with Crippen LogP contribution in [0.3, 0.4) is 0 Å². The normalized spacial score (nSPS) is 13.7. The summed E-state index contributed by atoms with van der Waals surface area (Å²) in [7, 11) is 0. The van der Waals surface area contributed by atoms with Gasteiger partial charge in [-0.25, -0.2) is 0 Å². The van der Waals surface area contributed by atoms with E-state index in [4.69, 9.17) is 4.74 Å². The SMILES string of the molecule is CC/C=C/C=C/C=C\C=C/CCCC(CC(=O)NC(CO)C(O)CCCCCCCCCCCCC)OC(=O)CCCCCCCCCCCCCCCCCCC. The monoisotopic (exact) mass is 814 g/mol. The maximum Gasteiger partial charge on any atom is 0.306 e. The van der Waals surface area contributed by atoms with Gasteiger partial charge in [-0.05, 0) is 38.5 Å². The van der Waals surface area contributed by atoms with Gasteiger partial charge in [-0.2, -0.15) is 0 Å². The first-order chi connectivity index (χ1) is 28.5. The molecule has 0 aromatic carbocycles. The Morgan fingerprint density at radius 1 is 0.517 bits per heavy atom. The van der Waals surface area contributed by atoms with Crippen LogP contribution in [0.4, 0.5) is 0 Å². The molecule has 0 aromatic rings. The van der Waals surface area contributed by atoms with Crippen molar-refractivity contribution in [1.29, 1.82) is 0 Å². The maximum absolute atomic E-state index is 13.1. The summed E-state index contributed by atoms with van der Waals surface area (Å²) in [6.07, 6.45) is 54.7. The molecule has 0 saturated carbocycles. The van der Waals surface area contributed by atoms with Crippen LogP contribution >= 0.6 is 0 Å². The third-order valence-corrected chi connectivity index (χ3v) is 11.3. The zero-order valence-corrected chi connectivity index (χ0v) is 38.4. The predicted octanol–water partition coefficient (Wildman–Crippen LogP) is 14.7. The first kappa shape index (κ1) is 55.8. The van der Waals surface area contributed by atoms with Crippen molar-refractivity contribution in [3.8, 4) is 0 Å². The molecule has 58 heavy (non-hydrogen) atoms. The molecule has 3 N–H and O–H groups in total. The van der Waals surface area contributed by atoms with Gasteiger partial charge in [0.05, 0.1) is 25.2 Å². The molecular formula is C52H95NO5. The van der Waals surface area contributed by atoms with Crippen molar-refractivity contribution in [3.63, 3.8) is 0 Å². The number of aliphatic hydroxyl groups is 2. The molecule has 0 heterocycles. The van der Waals surface area contributed by atoms with Crippen molar-refractivity contribution < 1.29 is 24.5 Å². The number of aliphatic hydroxyl groups excluding tert-OH is 2. The van der Waals surface area contributed by atoms with E-state index in [1.807, 2.05) is 36.5 Å². The Labute approximate surface area is 359 Å². The Morgan fingerprint density at radius 3 is 1.38 bits per heavy atom. The van der Waals surface area contributed by atoms with Gasteiger partial charge in [-0.15, -0.1) is 0 Å². The smallest absolute Gasteiger partial charge is 0.306 e. The molecule has 6 nitrogen and oxygen atoms in total. The number of rotatable bonds is 44. The molecular weight excluding hydrogens is 719 g/mol. The molecule has 338 valence electrons. The maximum atomic E-state index is 13.1. The molecule has 0 radical (unpaired) electrons. The molecule has 0 bridgehead atoms. The Balaban J connectivity index is 4.56. The van der Waals surface area contributed by atoms with Gasteiger partial charge in [0.1, 0.15) is 6.10 Å². The Morgan fingerprint density at radius 2 is 0.931 bits per heavy atom. The van der Waals surface area contributed by atoms with Gasteiger partial charge in [0.25, 0.3) is 0 Å². The first-order valence-electron chi connectivity index (χ1n) is 24.9. The average Bonchev–Trinajstić information content (AvgIpc) is 3.22. The second-order valence-electron chi connectivity index (χ2n) is 16.9. The lowest BCUT2D eigenvalue weighted by molar-refractivity contribution is -0.151. The minimum atomic E-state index is -0.802. The van der Waals surface area contributed by atoms with E-state index in [1.165, 1.54) is 141 Å². The van der Waals surface area contributed by atoms with Gasteiger partial charge in [0, 0.05) is 6.42 Å². The minimum absolute atomic E-state index is 0.0339. The Hall–Kier alpha value is -2.18. The second kappa shape index (κ2) is 45.9. The van der Waals surface area contributed by atoms with Crippen LogP contribution in [0.1, 0.15) is 245 Å². The van der Waals surface area contributed by atoms with Crippen LogP contribution in [0.15, 0.2) is 48.6 Å². The molecule has 0 fully saturated rings. The van der Waals surface area contributed by atoms with Crippen LogP contribution in [0.25, 0.3) is 0 Å². The van der Waals surface area contributed by atoms with E-state index in [0.29, 0.717) is 19.3 Å². The number of esters is 1. The van der Waals surface area contributed by atoms with Crippen molar-refractivity contribution in [3.05, 3.63) is 48.6 Å². The number of amides is 1. The van der Waals surface area contributed by atoms with Crippen molar-refractivity contribution in [2.24, 2.45) is 0 Å². The molecule has 6 heteroatoms. The van der Waals surface area contributed by atoms with Gasteiger partial charge in [-0.1, -0.05) is 243 Å². The lowest BCUT2D eigenvalue weighted by atomic mass is 10.0. The fraction of sp³-hybridized carbons (Fsp3) is 0.808. The average molecular weight is 814 g/mol. The highest BCUT2D eigenvalue weighted by atomic mass is 16.5. The number of carbonyl (C=O) groups is 2. The fourth-order valence-electron chi connectivity index (χ4n) is 7.51. The second-order valence-corrected chi connectivity index (χ2v) is 16.9. The number of hydrogen-bond acceptors (Lipinski definition) is 5. The van der Waals surface area contributed by atoms with Crippen LogP contribution in [0.2, 0.25) is 0 Å². The summed E-state index contributed by atoms with van der Waals surface area (Å²) in [6, 6.07) is -0.719. The molecule has 0 spiro atoms. The van der Waals surface area contributed by atoms with E-state index < -0.39 is 18.2 Å². The van der Waals surface area contributed by atoms with Crippen LogP contribution < -0.4 is 5.32 Å². The number of carbonyl (C=O) groups excluding carboxylic acids is 2. The molecule has 0 aliphatic carbocycles. The van der Waals surface area contributed by atoms with E-state index >= 15 is 0 Å². The van der Waals surface area contributed by atoms with E-state index in [2.05, 4.69) is 38.2 Å². The van der Waals surface area contributed by atoms with Crippen LogP contribution in [0, 0.1) is 0 Å². The summed E-state index contributed by atoms with van der Waals surface area (Å²) >= 11 is 0. The van der Waals surface area contributed by atoms with E-state index in [9.17, 15) is 19.8 Å². The number of unbranched alkanes of at least 4 members (excludes halogenated alkanes) is 27. The molecule has 0 aromatic heterocycles. The summed E-state index contributed by atoms with van der Waals surface area (Å²) in [6.45, 7) is 6.32. The molecule has 0 saturated heterocycles. The summed E-state index contributed by atoms with van der Waals surface area (Å²) in [5.41, 5.74) is 0. The molecule has 0 aliphatic rings. The zero-order valence-electron chi connectivity index (χ0n) is 38.4. The third-order valence-electron chi connectivity index (χ3n) is 11.3. The van der Waals surface area contributed by atoms with Gasteiger partial charge < -0.3 is 20.3 Å². The fourth-order valence-corrected chi connectivity index (χ4v) is 7.51. The van der Waals surface area contributed by atoms with Crippen molar-refractivity contribution >= 4 is 11.9 Å². The summed E-state index contributed by atoms with van der Waals surface area (Å²) < 4.78 is 5.88. The van der Waals surface area contributed by atoms with Crippen molar-refractivity contribution in [2.45, 2.75) is 264 Å². The lowest BCUT2D eigenvalue weighted by Gasteiger charge is -2.24. The quantitative estimate of drug-likeness (QED) is 0.0323. The predicted molar refractivity (Wildman–Crippen MR) is 250 cm³/mol. The highest BCUT2D eigenvalue weighted by molar-refractivity contribution is 5.77. The van der Waals surface area contributed by atoms with Gasteiger partial charge in [-0.3, -0.25) is 9.59 Å². The molecule has 1 amide bonds. The molecule has 0 rings (SSSR count). The Kier molecular flexibility index (Phi) is 44.2. The number of allylic oxidation sites excluding steroid dienone is 8. The van der Waals surface area contributed by atoms with E-state index in [1.54, 1.807) is 0 Å². The number of hydrogen-bond donors (Lipinski definition) is 3. The van der Waals surface area contributed by atoms with Crippen LogP contribution in [-0.2, 0) is 14.3 Å². The number of nitrogens with one attached hydrogen (secondary N) is 1. The molecule has 3 atom stereocenters. The highest BCUT2D eigenvalue weighted by Gasteiger charge is 2.24. The van der Waals surface area contributed by atoms with Gasteiger partial charge in [0.2, 0.25) is 5.91 Å². The zero-order chi connectivity index (χ0) is 42.4. The van der Waals surface area contributed by atoms with Crippen molar-refractivity contribution in [2.75, 3.05) is 6.61 Å². The largest absolute Gasteiger partial charge is 0.462 e. The minimum Gasteiger partial charge on any atom is -0.462 e. The standard InChI is InChI=1S/C52H95NO5/c1-4-7-10-13-16-19-22-23-24-25-26-27-30-33-36-39-42-45-52(57)58-48(43-40-37-34-31-28-20-17-14-11-8-5-2)46-51(56)53-49(47-54)50(55)44-41-38-35-32-29-21-18-15-12-9-6-3/h8,11,14,17,20,28,31,34,48-50,54-55H,4-7,9-10,12-13,15-16,18-19,21-27,29-30,32-33,35-47H2,1-3H3,(H,53,56)/b11-8+,17-14+,28-20-,34-31-. The van der Waals surface area contributed by atoms with E-state index in [-0.39, 0.29) is 24.9 Å². The van der Waals surface area contributed by atoms with E-state index in [0.717, 1.165) is 57.8 Å². The number of ether oxygens (including phenoxy) is 1. The summed E-state index contributed by atoms with van der Waals surface area (Å²) in [5, 5.41) is 23.6.